The fraction of sp³-hybridized carbons (Fsp3) is 0.440. The summed E-state index contributed by atoms with van der Waals surface area (Å²) < 4.78 is 6.28. The first-order valence-corrected chi connectivity index (χ1v) is 11.0. The highest BCUT2D eigenvalue weighted by Crippen LogP contribution is 2.30. The molecule has 2 amide bonds. The van der Waals surface area contributed by atoms with Crippen molar-refractivity contribution < 1.29 is 19.4 Å². The SMILES string of the molecule is C[C@@H]1CN([C@H](C)CO)C(=O)c2cc(NC(=O)Cc3ccccc3)ccc2O[C@H]1CN(C)C. The molecule has 0 saturated heterocycles. The monoisotopic (exact) mass is 439 g/mol. The van der Waals surface area contributed by atoms with Crippen LogP contribution < -0.4 is 10.1 Å². The van der Waals surface area contributed by atoms with Gasteiger partial charge >= 0.3 is 0 Å². The lowest BCUT2D eigenvalue weighted by atomic mass is 9.99. The van der Waals surface area contributed by atoms with E-state index >= 15 is 0 Å². The van der Waals surface area contributed by atoms with Crippen LogP contribution in [0.25, 0.3) is 0 Å². The Balaban J connectivity index is 1.89. The Bertz CT molecular complexity index is 932. The first-order valence-electron chi connectivity index (χ1n) is 11.0. The molecule has 0 aromatic heterocycles. The van der Waals surface area contributed by atoms with Crippen molar-refractivity contribution in [3.05, 3.63) is 59.7 Å². The van der Waals surface area contributed by atoms with E-state index in [2.05, 4.69) is 17.1 Å². The number of carbonyl (C=O) groups excluding carboxylic acids is 2. The molecule has 0 saturated carbocycles. The molecule has 0 fully saturated rings. The molecule has 2 aromatic carbocycles. The minimum atomic E-state index is -0.327. The number of anilines is 1. The molecule has 1 aliphatic heterocycles. The van der Waals surface area contributed by atoms with E-state index in [1.807, 2.05) is 51.4 Å². The van der Waals surface area contributed by atoms with Gasteiger partial charge in [0.15, 0.2) is 0 Å². The fourth-order valence-corrected chi connectivity index (χ4v) is 3.86. The van der Waals surface area contributed by atoms with Crippen molar-refractivity contribution in [2.24, 2.45) is 5.92 Å². The molecule has 1 aliphatic rings. The predicted molar refractivity (Wildman–Crippen MR) is 125 cm³/mol. The fourth-order valence-electron chi connectivity index (χ4n) is 3.86. The molecule has 0 spiro atoms. The van der Waals surface area contributed by atoms with E-state index < -0.39 is 0 Å². The van der Waals surface area contributed by atoms with E-state index in [9.17, 15) is 14.7 Å². The number of fused-ring (bicyclic) bond motifs is 1. The molecule has 172 valence electrons. The maximum absolute atomic E-state index is 13.4. The maximum atomic E-state index is 13.4. The zero-order chi connectivity index (χ0) is 23.3. The van der Waals surface area contributed by atoms with Gasteiger partial charge in [-0.05, 0) is 44.8 Å². The molecule has 0 unspecified atom stereocenters. The third kappa shape index (κ3) is 5.87. The molecule has 3 atom stereocenters. The average Bonchev–Trinajstić information content (AvgIpc) is 2.76. The second-order valence-corrected chi connectivity index (χ2v) is 8.81. The topological polar surface area (TPSA) is 82.1 Å². The van der Waals surface area contributed by atoms with Gasteiger partial charge in [0, 0.05) is 24.7 Å². The molecule has 7 nitrogen and oxygen atoms in total. The zero-order valence-corrected chi connectivity index (χ0v) is 19.2. The van der Waals surface area contributed by atoms with Gasteiger partial charge in [-0.15, -0.1) is 0 Å². The van der Waals surface area contributed by atoms with E-state index in [1.165, 1.54) is 0 Å². The molecule has 1 heterocycles. The van der Waals surface area contributed by atoms with E-state index in [0.717, 1.165) is 5.56 Å². The van der Waals surface area contributed by atoms with Crippen molar-refractivity contribution in [3.63, 3.8) is 0 Å². The average molecular weight is 440 g/mol. The van der Waals surface area contributed by atoms with Crippen LogP contribution in [0.2, 0.25) is 0 Å². The van der Waals surface area contributed by atoms with Crippen LogP contribution in [-0.2, 0) is 11.2 Å². The van der Waals surface area contributed by atoms with Gasteiger partial charge in [0.25, 0.3) is 5.91 Å². The van der Waals surface area contributed by atoms with Crippen LogP contribution in [0.4, 0.5) is 5.69 Å². The van der Waals surface area contributed by atoms with Crippen LogP contribution in [0.15, 0.2) is 48.5 Å². The summed E-state index contributed by atoms with van der Waals surface area (Å²) in [6, 6.07) is 14.3. The Labute approximate surface area is 190 Å². The van der Waals surface area contributed by atoms with Crippen molar-refractivity contribution in [2.45, 2.75) is 32.4 Å². The number of amides is 2. The van der Waals surface area contributed by atoms with Crippen LogP contribution in [0.5, 0.6) is 5.75 Å². The summed E-state index contributed by atoms with van der Waals surface area (Å²) >= 11 is 0. The van der Waals surface area contributed by atoms with Crippen LogP contribution in [0.3, 0.4) is 0 Å². The van der Waals surface area contributed by atoms with E-state index in [-0.39, 0.29) is 42.9 Å². The normalized spacial score (nSPS) is 19.6. The number of hydrogen-bond donors (Lipinski definition) is 2. The Kier molecular flexibility index (Phi) is 7.88. The molecule has 3 rings (SSSR count). The number of likely N-dealkylation sites (N-methyl/N-ethyl adjacent to an activating group) is 1. The minimum Gasteiger partial charge on any atom is -0.488 e. The van der Waals surface area contributed by atoms with E-state index in [0.29, 0.717) is 30.1 Å². The highest BCUT2D eigenvalue weighted by molar-refractivity contribution is 6.00. The number of rotatable bonds is 7. The summed E-state index contributed by atoms with van der Waals surface area (Å²) in [5, 5.41) is 12.6. The summed E-state index contributed by atoms with van der Waals surface area (Å²) in [5.74, 6) is 0.198. The van der Waals surface area contributed by atoms with Crippen LogP contribution in [0, 0.1) is 5.92 Å². The third-order valence-electron chi connectivity index (χ3n) is 5.70. The maximum Gasteiger partial charge on any atom is 0.258 e. The first-order chi connectivity index (χ1) is 15.3. The molecule has 0 aliphatic carbocycles. The largest absolute Gasteiger partial charge is 0.488 e. The van der Waals surface area contributed by atoms with Gasteiger partial charge in [-0.3, -0.25) is 9.59 Å². The second-order valence-electron chi connectivity index (χ2n) is 8.81. The number of aliphatic hydroxyl groups is 1. The molecule has 0 radical (unpaired) electrons. The van der Waals surface area contributed by atoms with Crippen LogP contribution >= 0.6 is 0 Å². The quantitative estimate of drug-likeness (QED) is 0.693. The Morgan fingerprint density at radius 1 is 1.25 bits per heavy atom. The van der Waals surface area contributed by atoms with Gasteiger partial charge in [0.1, 0.15) is 11.9 Å². The summed E-state index contributed by atoms with van der Waals surface area (Å²) in [5.41, 5.74) is 1.84. The number of benzene rings is 2. The van der Waals surface area contributed by atoms with E-state index in [1.54, 1.807) is 23.1 Å². The predicted octanol–water partition coefficient (Wildman–Crippen LogP) is 2.65. The lowest BCUT2D eigenvalue weighted by molar-refractivity contribution is -0.115. The molecule has 2 N–H and O–H groups in total. The molecule has 0 bridgehead atoms. The molecular formula is C25H33N3O4. The number of ether oxygens (including phenoxy) is 1. The summed E-state index contributed by atoms with van der Waals surface area (Å²) in [4.78, 5) is 29.7. The third-order valence-corrected chi connectivity index (χ3v) is 5.70. The highest BCUT2D eigenvalue weighted by Gasteiger charge is 2.33. The lowest BCUT2D eigenvalue weighted by Crippen LogP contribution is -2.49. The number of aliphatic hydroxyl groups excluding tert-OH is 1. The van der Waals surface area contributed by atoms with Gasteiger partial charge in [-0.25, -0.2) is 0 Å². The molecule has 7 heteroatoms. The number of nitrogens with zero attached hydrogens (tertiary/aromatic N) is 2. The molecule has 2 aromatic rings. The summed E-state index contributed by atoms with van der Waals surface area (Å²) in [6.45, 7) is 4.94. The second kappa shape index (κ2) is 10.6. The smallest absolute Gasteiger partial charge is 0.258 e. The van der Waals surface area contributed by atoms with Crippen molar-refractivity contribution >= 4 is 17.5 Å². The zero-order valence-electron chi connectivity index (χ0n) is 19.2. The summed E-state index contributed by atoms with van der Waals surface area (Å²) in [7, 11) is 3.97. The van der Waals surface area contributed by atoms with Crippen LogP contribution in [0.1, 0.15) is 29.8 Å². The van der Waals surface area contributed by atoms with Crippen molar-refractivity contribution in [3.8, 4) is 5.75 Å². The summed E-state index contributed by atoms with van der Waals surface area (Å²) in [6.07, 6.45) is 0.127. The van der Waals surface area contributed by atoms with Crippen molar-refractivity contribution in [1.82, 2.24) is 9.80 Å². The Morgan fingerprint density at radius 3 is 2.62 bits per heavy atom. The number of nitrogens with one attached hydrogen (secondary N) is 1. The van der Waals surface area contributed by atoms with Gasteiger partial charge in [0.05, 0.1) is 24.6 Å². The molecular weight excluding hydrogens is 406 g/mol. The Hall–Kier alpha value is -2.90. The lowest BCUT2D eigenvalue weighted by Gasteiger charge is -2.37. The minimum absolute atomic E-state index is 0.0775. The highest BCUT2D eigenvalue weighted by atomic mass is 16.5. The first kappa shape index (κ1) is 23.8. The van der Waals surface area contributed by atoms with Crippen LogP contribution in [-0.4, -0.2) is 72.7 Å². The number of carbonyl (C=O) groups is 2. The van der Waals surface area contributed by atoms with Gasteiger partial charge < -0.3 is 25.0 Å². The van der Waals surface area contributed by atoms with Crippen molar-refractivity contribution in [1.29, 1.82) is 0 Å². The van der Waals surface area contributed by atoms with Gasteiger partial charge in [-0.2, -0.15) is 0 Å². The van der Waals surface area contributed by atoms with Gasteiger partial charge in [-0.1, -0.05) is 37.3 Å². The van der Waals surface area contributed by atoms with E-state index in [4.69, 9.17) is 4.74 Å². The standard InChI is InChI=1S/C25H33N3O4/c1-17-14-28(18(2)16-29)25(31)21-13-20(10-11-22(21)32-23(17)15-27(3)4)26-24(30)12-19-8-6-5-7-9-19/h5-11,13,17-18,23,29H,12,14-16H2,1-4H3,(H,26,30)/t17-,18-,23+/m1/s1. The van der Waals surface area contributed by atoms with Gasteiger partial charge in [0.2, 0.25) is 5.91 Å². The Morgan fingerprint density at radius 2 is 1.97 bits per heavy atom. The molecule has 32 heavy (non-hydrogen) atoms. The number of hydrogen-bond acceptors (Lipinski definition) is 5. The van der Waals surface area contributed by atoms with Crippen molar-refractivity contribution in [2.75, 3.05) is 39.1 Å².